The molecule has 1 aliphatic carbocycles. The van der Waals surface area contributed by atoms with Gasteiger partial charge < -0.3 is 4.74 Å². The van der Waals surface area contributed by atoms with Crippen LogP contribution < -0.4 is 0 Å². The van der Waals surface area contributed by atoms with Crippen molar-refractivity contribution in [3.05, 3.63) is 0 Å². The molecule has 1 saturated heterocycles. The molecule has 5 nitrogen and oxygen atoms in total. The van der Waals surface area contributed by atoms with E-state index in [0.717, 1.165) is 4.90 Å². The Kier molecular flexibility index (Phi) is 3.19. The van der Waals surface area contributed by atoms with E-state index in [1.54, 1.807) is 6.92 Å². The van der Waals surface area contributed by atoms with Gasteiger partial charge in [-0.05, 0) is 25.2 Å². The van der Waals surface area contributed by atoms with E-state index in [2.05, 4.69) is 0 Å². The summed E-state index contributed by atoms with van der Waals surface area (Å²) in [5.41, 5.74) is -0.898. The first-order valence-corrected chi connectivity index (χ1v) is 6.77. The van der Waals surface area contributed by atoms with Crippen molar-refractivity contribution in [3.63, 3.8) is 0 Å². The maximum absolute atomic E-state index is 12.6. The predicted molar refractivity (Wildman–Crippen MR) is 68.0 cm³/mol. The second-order valence-electron chi connectivity index (χ2n) is 6.18. The highest BCUT2D eigenvalue weighted by Gasteiger charge is 2.64. The van der Waals surface area contributed by atoms with Gasteiger partial charge in [-0.15, -0.1) is 0 Å². The number of rotatable bonds is 3. The molecule has 2 atom stereocenters. The number of likely N-dealkylation sites (tertiary alicyclic amines) is 1. The minimum absolute atomic E-state index is 0.176. The van der Waals surface area contributed by atoms with Gasteiger partial charge in [-0.1, -0.05) is 20.8 Å². The summed E-state index contributed by atoms with van der Waals surface area (Å²) in [6.45, 7) is 7.55. The summed E-state index contributed by atoms with van der Waals surface area (Å²) in [6.07, 6.45) is 1.42. The fraction of sp³-hybridized carbons (Fsp3) is 0.786. The molecular formula is C14H21NO4. The fourth-order valence-electron chi connectivity index (χ4n) is 3.39. The van der Waals surface area contributed by atoms with Crippen LogP contribution >= 0.6 is 0 Å². The number of nitrogens with zero attached hydrogens (tertiary/aromatic N) is 1. The Morgan fingerprint density at radius 3 is 2.58 bits per heavy atom. The minimum Gasteiger partial charge on any atom is -0.465 e. The van der Waals surface area contributed by atoms with Crippen molar-refractivity contribution < 1.29 is 19.1 Å². The lowest BCUT2D eigenvalue weighted by molar-refractivity contribution is -0.172. The van der Waals surface area contributed by atoms with Gasteiger partial charge in [-0.25, -0.2) is 0 Å². The average molecular weight is 267 g/mol. The number of piperidine rings is 1. The Morgan fingerprint density at radius 1 is 1.37 bits per heavy atom. The fourth-order valence-corrected chi connectivity index (χ4v) is 3.39. The van der Waals surface area contributed by atoms with Gasteiger partial charge in [0.2, 0.25) is 11.8 Å². The number of ether oxygens (including phenoxy) is 1. The zero-order valence-electron chi connectivity index (χ0n) is 12.0. The first-order chi connectivity index (χ1) is 8.75. The van der Waals surface area contributed by atoms with Gasteiger partial charge >= 0.3 is 5.97 Å². The molecule has 2 aliphatic rings. The Balaban J connectivity index is 2.28. The molecule has 0 N–H and O–H groups in total. The molecule has 106 valence electrons. The van der Waals surface area contributed by atoms with Gasteiger partial charge in [0.05, 0.1) is 12.0 Å². The van der Waals surface area contributed by atoms with Crippen molar-refractivity contribution >= 4 is 17.8 Å². The average Bonchev–Trinajstić information content (AvgIpc) is 2.51. The predicted octanol–water partition coefficient (Wildman–Crippen LogP) is 1.36. The van der Waals surface area contributed by atoms with Crippen LogP contribution in [0, 0.1) is 16.7 Å². The topological polar surface area (TPSA) is 63.7 Å². The van der Waals surface area contributed by atoms with E-state index in [0.29, 0.717) is 12.8 Å². The number of hydrogen-bond acceptors (Lipinski definition) is 4. The zero-order valence-corrected chi connectivity index (χ0v) is 12.0. The van der Waals surface area contributed by atoms with Crippen molar-refractivity contribution in [2.45, 2.75) is 40.5 Å². The van der Waals surface area contributed by atoms with E-state index in [1.165, 1.54) is 0 Å². The molecule has 2 amide bonds. The lowest BCUT2D eigenvalue weighted by Gasteiger charge is -2.47. The van der Waals surface area contributed by atoms with Crippen LogP contribution in [0.25, 0.3) is 0 Å². The van der Waals surface area contributed by atoms with E-state index < -0.39 is 11.4 Å². The van der Waals surface area contributed by atoms with Crippen LogP contribution in [-0.4, -0.2) is 35.8 Å². The minimum atomic E-state index is -0.557. The quantitative estimate of drug-likeness (QED) is 0.572. The molecular weight excluding hydrogens is 246 g/mol. The number of carbonyl (C=O) groups is 3. The second kappa shape index (κ2) is 4.32. The zero-order chi connectivity index (χ0) is 14.4. The number of fused-ring (bicyclic) bond motifs is 2. The van der Waals surface area contributed by atoms with Crippen molar-refractivity contribution in [1.82, 2.24) is 4.90 Å². The molecule has 0 aromatic carbocycles. The summed E-state index contributed by atoms with van der Waals surface area (Å²) in [7, 11) is 0. The van der Waals surface area contributed by atoms with Gasteiger partial charge in [-0.3, -0.25) is 19.3 Å². The number of carbonyl (C=O) groups excluding carboxylic acids is 3. The van der Waals surface area contributed by atoms with Gasteiger partial charge in [0.25, 0.3) is 0 Å². The van der Waals surface area contributed by atoms with Crippen molar-refractivity contribution in [1.29, 1.82) is 0 Å². The molecule has 1 saturated carbocycles. The first-order valence-electron chi connectivity index (χ1n) is 6.77. The maximum atomic E-state index is 12.6. The van der Waals surface area contributed by atoms with Gasteiger partial charge in [0, 0.05) is 5.92 Å². The highest BCUT2D eigenvalue weighted by Crippen LogP contribution is 2.59. The lowest BCUT2D eigenvalue weighted by Crippen LogP contribution is -2.60. The van der Waals surface area contributed by atoms with Crippen LogP contribution in [0.2, 0.25) is 0 Å². The Bertz CT molecular complexity index is 443. The van der Waals surface area contributed by atoms with E-state index in [-0.39, 0.29) is 36.3 Å². The second-order valence-corrected chi connectivity index (χ2v) is 6.18. The maximum Gasteiger partial charge on any atom is 0.326 e. The SMILES string of the molecule is CCOC(=O)CN1C(=O)[C@H]2CC[C@](C)(C1=O)C2(C)C. The summed E-state index contributed by atoms with van der Waals surface area (Å²) in [5, 5.41) is 0. The Morgan fingerprint density at radius 2 is 2.00 bits per heavy atom. The van der Waals surface area contributed by atoms with Crippen LogP contribution in [0.4, 0.5) is 0 Å². The third-order valence-corrected chi connectivity index (χ3v) is 5.10. The standard InChI is InChI=1S/C14H21NO4/c1-5-19-10(16)8-15-11(17)9-6-7-14(4,12(15)18)13(9,2)3/h9H,5-8H2,1-4H3/t9-,14-/m1/s1. The Labute approximate surface area is 113 Å². The molecule has 0 aromatic rings. The lowest BCUT2D eigenvalue weighted by atomic mass is 9.62. The van der Waals surface area contributed by atoms with E-state index in [9.17, 15) is 14.4 Å². The number of esters is 1. The van der Waals surface area contributed by atoms with E-state index in [1.807, 2.05) is 20.8 Å². The molecule has 5 heteroatoms. The summed E-state index contributed by atoms with van der Waals surface area (Å²) in [6, 6.07) is 0. The molecule has 2 bridgehead atoms. The van der Waals surface area contributed by atoms with Gasteiger partial charge in [-0.2, -0.15) is 0 Å². The summed E-state index contributed by atoms with van der Waals surface area (Å²) in [4.78, 5) is 37.6. The van der Waals surface area contributed by atoms with Crippen LogP contribution in [-0.2, 0) is 19.1 Å². The number of amides is 2. The highest BCUT2D eigenvalue weighted by atomic mass is 16.5. The van der Waals surface area contributed by atoms with Crippen molar-refractivity contribution in [2.75, 3.05) is 13.2 Å². The monoisotopic (exact) mass is 267 g/mol. The van der Waals surface area contributed by atoms with E-state index in [4.69, 9.17) is 4.74 Å². The van der Waals surface area contributed by atoms with Gasteiger partial charge in [0.1, 0.15) is 6.54 Å². The third-order valence-electron chi connectivity index (χ3n) is 5.10. The smallest absolute Gasteiger partial charge is 0.326 e. The van der Waals surface area contributed by atoms with Gasteiger partial charge in [0.15, 0.2) is 0 Å². The summed E-state index contributed by atoms with van der Waals surface area (Å²) >= 11 is 0. The molecule has 0 unspecified atom stereocenters. The van der Waals surface area contributed by atoms with Crippen molar-refractivity contribution in [2.24, 2.45) is 16.7 Å². The van der Waals surface area contributed by atoms with Crippen LogP contribution in [0.1, 0.15) is 40.5 Å². The van der Waals surface area contributed by atoms with Crippen LogP contribution in [0.3, 0.4) is 0 Å². The molecule has 0 spiro atoms. The van der Waals surface area contributed by atoms with Crippen molar-refractivity contribution in [3.8, 4) is 0 Å². The summed E-state index contributed by atoms with van der Waals surface area (Å²) in [5.74, 6) is -1.15. The molecule has 2 fully saturated rings. The van der Waals surface area contributed by atoms with Crippen LogP contribution in [0.5, 0.6) is 0 Å². The highest BCUT2D eigenvalue weighted by molar-refractivity contribution is 6.05. The normalized spacial score (nSPS) is 32.6. The molecule has 0 radical (unpaired) electrons. The summed E-state index contributed by atoms with van der Waals surface area (Å²) < 4.78 is 4.83. The number of imide groups is 1. The van der Waals surface area contributed by atoms with E-state index >= 15 is 0 Å². The molecule has 2 rings (SSSR count). The molecule has 0 aromatic heterocycles. The molecule has 1 heterocycles. The number of hydrogen-bond donors (Lipinski definition) is 0. The largest absolute Gasteiger partial charge is 0.465 e. The molecule has 19 heavy (non-hydrogen) atoms. The third kappa shape index (κ3) is 1.78. The Hall–Kier alpha value is -1.39. The van der Waals surface area contributed by atoms with Crippen LogP contribution in [0.15, 0.2) is 0 Å². The first kappa shape index (κ1) is 14.0. The molecule has 1 aliphatic heterocycles.